The zero-order valence-electron chi connectivity index (χ0n) is 16.6. The highest BCUT2D eigenvalue weighted by molar-refractivity contribution is 5.55. The van der Waals surface area contributed by atoms with E-state index in [-0.39, 0.29) is 0 Å². The predicted molar refractivity (Wildman–Crippen MR) is 110 cm³/mol. The summed E-state index contributed by atoms with van der Waals surface area (Å²) in [7, 11) is 0. The normalized spacial score (nSPS) is 20.2. The number of benzene rings is 1. The third kappa shape index (κ3) is 5.40. The van der Waals surface area contributed by atoms with Crippen LogP contribution in [0.3, 0.4) is 0 Å². The molecule has 0 N–H and O–H groups in total. The van der Waals surface area contributed by atoms with Crippen LogP contribution in [-0.4, -0.2) is 9.97 Å². The molecule has 1 aromatic heterocycles. The number of nitrogens with zero attached hydrogens (tertiary/aromatic N) is 2. The molecule has 1 fully saturated rings. The number of hydrogen-bond donors (Lipinski definition) is 0. The van der Waals surface area contributed by atoms with Crippen molar-refractivity contribution < 1.29 is 0 Å². The van der Waals surface area contributed by atoms with Gasteiger partial charge in [0.25, 0.3) is 0 Å². The Kier molecular flexibility index (Phi) is 7.22. The minimum absolute atomic E-state index is 0.833. The van der Waals surface area contributed by atoms with Crippen LogP contribution in [0.15, 0.2) is 36.7 Å². The Labute approximate surface area is 159 Å². The summed E-state index contributed by atoms with van der Waals surface area (Å²) in [5.41, 5.74) is 3.76. The molecule has 0 radical (unpaired) electrons. The predicted octanol–water partition coefficient (Wildman–Crippen LogP) is 6.64. The topological polar surface area (TPSA) is 25.8 Å². The quantitative estimate of drug-likeness (QED) is 0.533. The molecule has 0 aliphatic heterocycles. The van der Waals surface area contributed by atoms with Crippen molar-refractivity contribution in [2.24, 2.45) is 11.8 Å². The highest BCUT2D eigenvalue weighted by atomic mass is 14.9. The van der Waals surface area contributed by atoms with Gasteiger partial charge in [-0.15, -0.1) is 0 Å². The first kappa shape index (κ1) is 19.1. The Morgan fingerprint density at radius 2 is 1.42 bits per heavy atom. The number of rotatable bonds is 8. The molecule has 1 aromatic carbocycles. The lowest BCUT2D eigenvalue weighted by Crippen LogP contribution is -2.15. The van der Waals surface area contributed by atoms with Gasteiger partial charge in [-0.1, -0.05) is 83.1 Å². The van der Waals surface area contributed by atoms with E-state index in [2.05, 4.69) is 48.1 Å². The molecule has 0 atom stereocenters. The van der Waals surface area contributed by atoms with Gasteiger partial charge in [-0.3, -0.25) is 0 Å². The number of unbranched alkanes of at least 4 members (excludes halogenated alkanes) is 1. The molecule has 140 valence electrons. The maximum Gasteiger partial charge on any atom is 0.159 e. The Hall–Kier alpha value is -1.70. The summed E-state index contributed by atoms with van der Waals surface area (Å²) in [6, 6.07) is 8.88. The molecule has 0 amide bonds. The largest absolute Gasteiger partial charge is 0.236 e. The molecule has 1 aliphatic carbocycles. The van der Waals surface area contributed by atoms with Crippen LogP contribution in [0, 0.1) is 11.8 Å². The van der Waals surface area contributed by atoms with Crippen LogP contribution in [0.4, 0.5) is 0 Å². The average molecular weight is 351 g/mol. The lowest BCUT2D eigenvalue weighted by Gasteiger charge is -2.28. The third-order valence-corrected chi connectivity index (χ3v) is 6.10. The van der Waals surface area contributed by atoms with E-state index in [4.69, 9.17) is 0 Å². The zero-order valence-corrected chi connectivity index (χ0v) is 16.6. The van der Waals surface area contributed by atoms with Gasteiger partial charge < -0.3 is 0 Å². The first-order valence-electron chi connectivity index (χ1n) is 10.7. The van der Waals surface area contributed by atoms with Crippen molar-refractivity contribution in [3.8, 4) is 11.4 Å². The molecule has 1 heterocycles. The molecule has 1 saturated carbocycles. The molecule has 26 heavy (non-hydrogen) atoms. The van der Waals surface area contributed by atoms with Crippen LogP contribution < -0.4 is 0 Å². The Morgan fingerprint density at radius 3 is 2.00 bits per heavy atom. The van der Waals surface area contributed by atoms with Crippen LogP contribution in [0.5, 0.6) is 0 Å². The van der Waals surface area contributed by atoms with Crippen LogP contribution in [0.25, 0.3) is 11.4 Å². The van der Waals surface area contributed by atoms with Gasteiger partial charge in [0.05, 0.1) is 0 Å². The van der Waals surface area contributed by atoms with Gasteiger partial charge in [0.1, 0.15) is 0 Å². The van der Waals surface area contributed by atoms with Crippen LogP contribution in [0.2, 0.25) is 0 Å². The summed E-state index contributed by atoms with van der Waals surface area (Å²) in [5, 5.41) is 0. The Balaban J connectivity index is 1.46. The molecule has 2 nitrogen and oxygen atoms in total. The average Bonchev–Trinajstić information content (AvgIpc) is 2.72. The molecule has 1 aliphatic rings. The number of hydrogen-bond acceptors (Lipinski definition) is 2. The van der Waals surface area contributed by atoms with Crippen molar-refractivity contribution in [2.75, 3.05) is 0 Å². The summed E-state index contributed by atoms with van der Waals surface area (Å²) < 4.78 is 0. The fourth-order valence-electron chi connectivity index (χ4n) is 4.18. The highest BCUT2D eigenvalue weighted by Gasteiger charge is 2.20. The van der Waals surface area contributed by atoms with Crippen molar-refractivity contribution in [1.29, 1.82) is 0 Å². The molecule has 2 aromatic rings. The van der Waals surface area contributed by atoms with Crippen molar-refractivity contribution in [3.05, 3.63) is 47.8 Å². The summed E-state index contributed by atoms with van der Waals surface area (Å²) in [5.74, 6) is 2.79. The van der Waals surface area contributed by atoms with E-state index in [1.807, 2.05) is 12.4 Å². The highest BCUT2D eigenvalue weighted by Crippen LogP contribution is 2.34. The maximum atomic E-state index is 4.49. The van der Waals surface area contributed by atoms with E-state index in [1.54, 1.807) is 0 Å². The van der Waals surface area contributed by atoms with Crippen molar-refractivity contribution >= 4 is 0 Å². The maximum absolute atomic E-state index is 4.49. The van der Waals surface area contributed by atoms with Crippen molar-refractivity contribution in [3.63, 3.8) is 0 Å². The van der Waals surface area contributed by atoms with E-state index in [9.17, 15) is 0 Å². The lowest BCUT2D eigenvalue weighted by molar-refractivity contribution is 0.250. The van der Waals surface area contributed by atoms with E-state index < -0.39 is 0 Å². The Bertz CT molecular complexity index is 637. The Morgan fingerprint density at radius 1 is 0.808 bits per heavy atom. The van der Waals surface area contributed by atoms with Gasteiger partial charge in [-0.05, 0) is 42.2 Å². The molecule has 2 heteroatoms. The summed E-state index contributed by atoms with van der Waals surface area (Å²) in [6.07, 6.45) is 17.5. The van der Waals surface area contributed by atoms with Crippen LogP contribution in [0.1, 0.15) is 76.3 Å². The molecule has 0 unspecified atom stereocenters. The van der Waals surface area contributed by atoms with Gasteiger partial charge in [0.15, 0.2) is 5.82 Å². The number of aromatic nitrogens is 2. The zero-order chi connectivity index (χ0) is 18.2. The smallest absolute Gasteiger partial charge is 0.159 e. The fraction of sp³-hybridized carbons (Fsp3) is 0.583. The summed E-state index contributed by atoms with van der Waals surface area (Å²) in [4.78, 5) is 8.97. The fourth-order valence-corrected chi connectivity index (χ4v) is 4.18. The second kappa shape index (κ2) is 9.85. The standard InChI is InChI=1S/C24H34N2/c1-3-5-6-20-7-9-21(10-8-20)11-12-22-13-15-23(16-14-22)24-25-17-19(4-2)18-26-24/h13-18,20-21H,3-12H2,1-2H3/t20-,21-. The van der Waals surface area contributed by atoms with Crippen molar-refractivity contribution in [1.82, 2.24) is 9.97 Å². The summed E-state index contributed by atoms with van der Waals surface area (Å²) in [6.45, 7) is 4.44. The first-order valence-corrected chi connectivity index (χ1v) is 10.7. The third-order valence-electron chi connectivity index (χ3n) is 6.10. The molecule has 3 rings (SSSR count). The van der Waals surface area contributed by atoms with Crippen LogP contribution >= 0.6 is 0 Å². The molecular formula is C24H34N2. The van der Waals surface area contributed by atoms with Crippen molar-refractivity contribution in [2.45, 2.75) is 78.1 Å². The number of aryl methyl sites for hydroxylation is 2. The molecule has 0 spiro atoms. The van der Waals surface area contributed by atoms with Crippen LogP contribution in [-0.2, 0) is 12.8 Å². The van der Waals surface area contributed by atoms with E-state index >= 15 is 0 Å². The second-order valence-electron chi connectivity index (χ2n) is 8.03. The first-order chi connectivity index (χ1) is 12.8. The van der Waals surface area contributed by atoms with E-state index in [0.717, 1.165) is 29.6 Å². The lowest BCUT2D eigenvalue weighted by atomic mass is 9.78. The monoisotopic (exact) mass is 350 g/mol. The molecular weight excluding hydrogens is 316 g/mol. The van der Waals surface area contributed by atoms with Gasteiger partial charge in [-0.25, -0.2) is 9.97 Å². The van der Waals surface area contributed by atoms with Gasteiger partial charge in [-0.2, -0.15) is 0 Å². The van der Waals surface area contributed by atoms with E-state index in [1.165, 1.54) is 68.9 Å². The van der Waals surface area contributed by atoms with E-state index in [0.29, 0.717) is 0 Å². The van der Waals surface area contributed by atoms with Gasteiger partial charge in [0, 0.05) is 18.0 Å². The molecule has 0 saturated heterocycles. The minimum atomic E-state index is 0.833. The van der Waals surface area contributed by atoms with Gasteiger partial charge >= 0.3 is 0 Å². The molecule has 0 bridgehead atoms. The second-order valence-corrected chi connectivity index (χ2v) is 8.03. The van der Waals surface area contributed by atoms with Gasteiger partial charge in [0.2, 0.25) is 0 Å². The summed E-state index contributed by atoms with van der Waals surface area (Å²) >= 11 is 0. The minimum Gasteiger partial charge on any atom is -0.236 e. The SMILES string of the molecule is CCCC[C@H]1CC[C@H](CCc2ccc(-c3ncc(CC)cn3)cc2)CC1.